The van der Waals surface area contributed by atoms with Crippen molar-refractivity contribution in [3.63, 3.8) is 0 Å². The zero-order valence-corrected chi connectivity index (χ0v) is 12.3. The lowest BCUT2D eigenvalue weighted by Crippen LogP contribution is -2.14. The van der Waals surface area contributed by atoms with Crippen molar-refractivity contribution in [2.24, 2.45) is 4.99 Å². The maximum Gasteiger partial charge on any atom is 0.0991 e. The van der Waals surface area contributed by atoms with E-state index in [0.29, 0.717) is 23.3 Å². The van der Waals surface area contributed by atoms with Gasteiger partial charge in [-0.05, 0) is 48.6 Å². The highest BCUT2D eigenvalue weighted by atomic mass is 14.8. The van der Waals surface area contributed by atoms with Crippen molar-refractivity contribution in [2.45, 2.75) is 32.6 Å². The number of hydrogen-bond acceptors (Lipinski definition) is 4. The summed E-state index contributed by atoms with van der Waals surface area (Å²) < 4.78 is 0. The molecular formula is C17H18N4. The summed E-state index contributed by atoms with van der Waals surface area (Å²) in [5, 5.41) is 24.3. The minimum Gasteiger partial charge on any atom is -0.308 e. The van der Waals surface area contributed by atoms with Gasteiger partial charge in [0, 0.05) is 17.5 Å². The van der Waals surface area contributed by atoms with Crippen LogP contribution in [0.5, 0.6) is 0 Å². The lowest BCUT2D eigenvalue weighted by molar-refractivity contribution is 0.792. The van der Waals surface area contributed by atoms with Crippen molar-refractivity contribution in [3.8, 4) is 6.07 Å². The molecule has 1 aliphatic heterocycles. The van der Waals surface area contributed by atoms with Gasteiger partial charge < -0.3 is 10.8 Å². The maximum absolute atomic E-state index is 8.98. The first-order valence-electron chi connectivity index (χ1n) is 7.00. The van der Waals surface area contributed by atoms with Gasteiger partial charge in [0.05, 0.1) is 23.0 Å². The number of benzene rings is 1. The Balaban J connectivity index is 2.46. The van der Waals surface area contributed by atoms with Crippen molar-refractivity contribution in [1.29, 1.82) is 16.1 Å². The summed E-state index contributed by atoms with van der Waals surface area (Å²) in [5.74, 6) is 0.250. The monoisotopic (exact) mass is 278 g/mol. The molecule has 4 nitrogen and oxygen atoms in total. The lowest BCUT2D eigenvalue weighted by atomic mass is 9.87. The number of hydrogen-bond donors (Lipinski definition) is 2. The van der Waals surface area contributed by atoms with Crippen LogP contribution in [0.1, 0.15) is 43.7 Å². The van der Waals surface area contributed by atoms with E-state index in [4.69, 9.17) is 16.1 Å². The van der Waals surface area contributed by atoms with Gasteiger partial charge in [-0.15, -0.1) is 0 Å². The average molecular weight is 278 g/mol. The molecule has 1 atom stereocenters. The fourth-order valence-corrected chi connectivity index (χ4v) is 2.39. The molecule has 2 N–H and O–H groups in total. The first-order chi connectivity index (χ1) is 10.1. The van der Waals surface area contributed by atoms with E-state index in [1.807, 2.05) is 19.1 Å². The predicted molar refractivity (Wildman–Crippen MR) is 86.2 cm³/mol. The summed E-state index contributed by atoms with van der Waals surface area (Å²) in [6.07, 6.45) is 4.35. The third kappa shape index (κ3) is 3.14. The molecule has 1 unspecified atom stereocenters. The van der Waals surface area contributed by atoms with Crippen molar-refractivity contribution in [1.82, 2.24) is 0 Å². The number of fused-ring (bicyclic) bond motifs is 1. The Morgan fingerprint density at radius 1 is 1.52 bits per heavy atom. The number of allylic oxidation sites excluding steroid dienone is 2. The van der Waals surface area contributed by atoms with Gasteiger partial charge in [0.15, 0.2) is 0 Å². The topological polar surface area (TPSA) is 83.8 Å². The molecule has 1 aliphatic rings. The van der Waals surface area contributed by atoms with Crippen LogP contribution in [0, 0.1) is 22.1 Å². The number of rotatable bonds is 4. The quantitative estimate of drug-likeness (QED) is 0.797. The Labute approximate surface area is 124 Å². The standard InChI is InChI=1S/C17H18N4/c1-3-14(20)8-13(10-19)17-6-11(2)15-7-12(9-18)4-5-16(15)21-17/h4-5,7-8,10-11,19-20H,3,6H2,1-2H3/b13-8+,19-10?,20-14?. The number of nitrogens with zero attached hydrogens (tertiary/aromatic N) is 2. The van der Waals surface area contributed by atoms with Crippen LogP contribution in [0.15, 0.2) is 34.8 Å². The van der Waals surface area contributed by atoms with E-state index in [0.717, 1.165) is 23.4 Å². The highest BCUT2D eigenvalue weighted by Gasteiger charge is 2.21. The molecule has 106 valence electrons. The minimum absolute atomic E-state index is 0.250. The molecule has 0 spiro atoms. The largest absolute Gasteiger partial charge is 0.308 e. The molecule has 0 radical (unpaired) electrons. The molecule has 0 bridgehead atoms. The van der Waals surface area contributed by atoms with Crippen LogP contribution in [-0.4, -0.2) is 17.6 Å². The third-order valence-corrected chi connectivity index (χ3v) is 3.64. The van der Waals surface area contributed by atoms with Gasteiger partial charge in [-0.3, -0.25) is 4.99 Å². The fraction of sp³-hybridized carbons (Fsp3) is 0.294. The fourth-order valence-electron chi connectivity index (χ4n) is 2.39. The van der Waals surface area contributed by atoms with Crippen molar-refractivity contribution in [2.75, 3.05) is 0 Å². The zero-order valence-electron chi connectivity index (χ0n) is 12.3. The summed E-state index contributed by atoms with van der Waals surface area (Å²) in [7, 11) is 0. The molecule has 21 heavy (non-hydrogen) atoms. The van der Waals surface area contributed by atoms with Gasteiger partial charge in [0.25, 0.3) is 0 Å². The first-order valence-corrected chi connectivity index (χ1v) is 7.00. The van der Waals surface area contributed by atoms with Crippen molar-refractivity contribution in [3.05, 3.63) is 41.0 Å². The third-order valence-electron chi connectivity index (χ3n) is 3.64. The summed E-state index contributed by atoms with van der Waals surface area (Å²) in [5.41, 5.74) is 4.62. The molecule has 0 saturated carbocycles. The van der Waals surface area contributed by atoms with E-state index in [-0.39, 0.29) is 5.92 Å². The highest BCUT2D eigenvalue weighted by Crippen LogP contribution is 2.36. The van der Waals surface area contributed by atoms with E-state index in [1.54, 1.807) is 12.1 Å². The van der Waals surface area contributed by atoms with Gasteiger partial charge >= 0.3 is 0 Å². The molecule has 0 amide bonds. The van der Waals surface area contributed by atoms with Crippen LogP contribution in [0.2, 0.25) is 0 Å². The highest BCUT2D eigenvalue weighted by molar-refractivity contribution is 6.20. The molecule has 4 heteroatoms. The molecule has 1 aromatic rings. The first kappa shape index (κ1) is 14.9. The Morgan fingerprint density at radius 2 is 2.29 bits per heavy atom. The van der Waals surface area contributed by atoms with Crippen LogP contribution in [-0.2, 0) is 0 Å². The van der Waals surface area contributed by atoms with E-state index >= 15 is 0 Å². The summed E-state index contributed by atoms with van der Waals surface area (Å²) in [4.78, 5) is 4.62. The molecule has 0 aromatic heterocycles. The number of nitrogens with one attached hydrogen (secondary N) is 2. The Morgan fingerprint density at radius 3 is 2.90 bits per heavy atom. The van der Waals surface area contributed by atoms with Gasteiger partial charge in [-0.25, -0.2) is 0 Å². The second kappa shape index (κ2) is 6.27. The van der Waals surface area contributed by atoms with Crippen molar-refractivity contribution >= 4 is 23.3 Å². The maximum atomic E-state index is 8.98. The van der Waals surface area contributed by atoms with Crippen LogP contribution < -0.4 is 0 Å². The molecule has 2 rings (SSSR count). The van der Waals surface area contributed by atoms with Crippen LogP contribution >= 0.6 is 0 Å². The number of nitriles is 1. The molecule has 1 heterocycles. The second-order valence-electron chi connectivity index (χ2n) is 5.17. The van der Waals surface area contributed by atoms with Gasteiger partial charge in [-0.1, -0.05) is 13.8 Å². The molecule has 1 aromatic carbocycles. The van der Waals surface area contributed by atoms with Gasteiger partial charge in [-0.2, -0.15) is 5.26 Å². The molecular weight excluding hydrogens is 260 g/mol. The van der Waals surface area contributed by atoms with Gasteiger partial charge in [0.1, 0.15) is 0 Å². The Bertz CT molecular complexity index is 689. The van der Waals surface area contributed by atoms with Crippen LogP contribution in [0.3, 0.4) is 0 Å². The predicted octanol–water partition coefficient (Wildman–Crippen LogP) is 4.14. The van der Waals surface area contributed by atoms with Gasteiger partial charge in [0.2, 0.25) is 0 Å². The average Bonchev–Trinajstić information content (AvgIpc) is 2.51. The second-order valence-corrected chi connectivity index (χ2v) is 5.17. The minimum atomic E-state index is 0.250. The van der Waals surface area contributed by atoms with E-state index in [2.05, 4.69) is 18.0 Å². The van der Waals surface area contributed by atoms with E-state index in [1.165, 1.54) is 6.21 Å². The normalized spacial score (nSPS) is 17.5. The summed E-state index contributed by atoms with van der Waals surface area (Å²) in [6, 6.07) is 7.66. The SMILES string of the molecule is CCC(=N)/C=C(\C=N)C1=Nc2ccc(C#N)cc2C(C)C1. The lowest BCUT2D eigenvalue weighted by Gasteiger charge is -2.22. The van der Waals surface area contributed by atoms with Crippen LogP contribution in [0.4, 0.5) is 5.69 Å². The Hall–Kier alpha value is -2.54. The van der Waals surface area contributed by atoms with E-state index < -0.39 is 0 Å². The molecule has 0 aliphatic carbocycles. The number of aliphatic imine (C=N–C) groups is 1. The Kier molecular flexibility index (Phi) is 4.44. The molecule has 0 saturated heterocycles. The molecule has 0 fully saturated rings. The van der Waals surface area contributed by atoms with Crippen molar-refractivity contribution < 1.29 is 0 Å². The summed E-state index contributed by atoms with van der Waals surface area (Å²) in [6.45, 7) is 4.02. The zero-order chi connectivity index (χ0) is 15.4. The van der Waals surface area contributed by atoms with Crippen LogP contribution in [0.25, 0.3) is 0 Å². The summed E-state index contributed by atoms with van der Waals surface area (Å²) >= 11 is 0. The van der Waals surface area contributed by atoms with E-state index in [9.17, 15) is 0 Å². The smallest absolute Gasteiger partial charge is 0.0991 e.